The quantitative estimate of drug-likeness (QED) is 0.671. The van der Waals surface area contributed by atoms with Crippen LogP contribution in [0.4, 0.5) is 0 Å². The third-order valence-corrected chi connectivity index (χ3v) is 2.40. The molecule has 0 aliphatic carbocycles. The zero-order chi connectivity index (χ0) is 9.26. The Kier molecular flexibility index (Phi) is 2.03. The molecule has 0 amide bonds. The van der Waals surface area contributed by atoms with E-state index in [1.54, 1.807) is 0 Å². The first-order valence-corrected chi connectivity index (χ1v) is 4.51. The van der Waals surface area contributed by atoms with Gasteiger partial charge >= 0.3 is 0 Å². The van der Waals surface area contributed by atoms with Gasteiger partial charge in [0.05, 0.1) is 6.04 Å². The molecular weight excluding hydrogens is 164 g/mol. The van der Waals surface area contributed by atoms with Gasteiger partial charge < -0.3 is 10.3 Å². The van der Waals surface area contributed by atoms with Crippen LogP contribution in [-0.2, 0) is 0 Å². The Balaban J connectivity index is 2.26. The van der Waals surface area contributed by atoms with E-state index < -0.39 is 0 Å². The van der Waals surface area contributed by atoms with E-state index in [1.807, 2.05) is 6.92 Å². The van der Waals surface area contributed by atoms with E-state index in [-0.39, 0.29) is 0 Å². The number of nitriles is 1. The van der Waals surface area contributed by atoms with Crippen LogP contribution in [0.2, 0.25) is 0 Å². The molecule has 0 bridgehead atoms. The lowest BCUT2D eigenvalue weighted by Crippen LogP contribution is -2.14. The largest absolute Gasteiger partial charge is 0.344 e. The molecule has 1 aliphatic heterocycles. The molecule has 2 rings (SSSR count). The maximum Gasteiger partial charge on any atom is 0.161 e. The summed E-state index contributed by atoms with van der Waals surface area (Å²) >= 11 is 0. The van der Waals surface area contributed by atoms with Gasteiger partial charge in [0, 0.05) is 5.69 Å². The molecule has 4 heteroatoms. The van der Waals surface area contributed by atoms with Gasteiger partial charge in [-0.2, -0.15) is 5.26 Å². The topological polar surface area (TPSA) is 64.5 Å². The summed E-state index contributed by atoms with van der Waals surface area (Å²) in [6.07, 6.45) is 2.30. The van der Waals surface area contributed by atoms with Crippen LogP contribution in [-0.4, -0.2) is 16.5 Å². The van der Waals surface area contributed by atoms with Crippen molar-refractivity contribution in [1.82, 2.24) is 15.3 Å². The van der Waals surface area contributed by atoms with Crippen LogP contribution in [0.5, 0.6) is 0 Å². The molecule has 68 valence electrons. The van der Waals surface area contributed by atoms with E-state index in [2.05, 4.69) is 21.4 Å². The van der Waals surface area contributed by atoms with Gasteiger partial charge in [-0.15, -0.1) is 0 Å². The molecule has 13 heavy (non-hydrogen) atoms. The van der Waals surface area contributed by atoms with Crippen molar-refractivity contribution in [3.63, 3.8) is 0 Å². The highest BCUT2D eigenvalue weighted by molar-refractivity contribution is 5.27. The zero-order valence-corrected chi connectivity index (χ0v) is 7.59. The van der Waals surface area contributed by atoms with Crippen molar-refractivity contribution >= 4 is 0 Å². The third kappa shape index (κ3) is 1.43. The number of imidazole rings is 1. The summed E-state index contributed by atoms with van der Waals surface area (Å²) in [7, 11) is 0. The van der Waals surface area contributed by atoms with Crippen molar-refractivity contribution in [1.29, 1.82) is 5.26 Å². The molecule has 1 aliphatic rings. The number of aromatic nitrogens is 2. The molecule has 2 heterocycles. The van der Waals surface area contributed by atoms with Gasteiger partial charge in [-0.3, -0.25) is 0 Å². The fourth-order valence-corrected chi connectivity index (χ4v) is 1.68. The van der Waals surface area contributed by atoms with Crippen molar-refractivity contribution in [3.8, 4) is 6.07 Å². The van der Waals surface area contributed by atoms with Gasteiger partial charge in [-0.1, -0.05) is 0 Å². The van der Waals surface area contributed by atoms with Crippen LogP contribution >= 0.6 is 0 Å². The Morgan fingerprint density at radius 1 is 1.62 bits per heavy atom. The highest BCUT2D eigenvalue weighted by Gasteiger charge is 2.20. The molecule has 1 atom stereocenters. The van der Waals surface area contributed by atoms with Crippen LogP contribution < -0.4 is 5.32 Å². The average molecular weight is 176 g/mol. The van der Waals surface area contributed by atoms with E-state index in [0.717, 1.165) is 24.5 Å². The van der Waals surface area contributed by atoms with Crippen LogP contribution in [0.25, 0.3) is 0 Å². The summed E-state index contributed by atoms with van der Waals surface area (Å²) < 4.78 is 0. The molecule has 1 unspecified atom stereocenters. The number of hydrogen-bond donors (Lipinski definition) is 2. The number of hydrogen-bond acceptors (Lipinski definition) is 3. The van der Waals surface area contributed by atoms with Crippen LogP contribution in [0.3, 0.4) is 0 Å². The molecule has 2 N–H and O–H groups in total. The molecule has 1 saturated heterocycles. The molecular formula is C9H12N4. The molecule has 4 nitrogen and oxygen atoms in total. The molecule has 1 aromatic rings. The summed E-state index contributed by atoms with van der Waals surface area (Å²) in [4.78, 5) is 7.37. The predicted molar refractivity (Wildman–Crippen MR) is 48.0 cm³/mol. The smallest absolute Gasteiger partial charge is 0.161 e. The summed E-state index contributed by atoms with van der Waals surface area (Å²) in [5.41, 5.74) is 1.38. The first-order chi connectivity index (χ1) is 6.31. The van der Waals surface area contributed by atoms with E-state index in [0.29, 0.717) is 11.7 Å². The Labute approximate surface area is 77.0 Å². The van der Waals surface area contributed by atoms with Crippen molar-refractivity contribution < 1.29 is 0 Å². The number of H-pyrrole nitrogens is 1. The lowest BCUT2D eigenvalue weighted by Gasteiger charge is -2.04. The van der Waals surface area contributed by atoms with E-state index in [1.165, 1.54) is 6.42 Å². The summed E-state index contributed by atoms with van der Waals surface area (Å²) in [6.45, 7) is 2.93. The van der Waals surface area contributed by atoms with Gasteiger partial charge in [-0.25, -0.2) is 4.98 Å². The molecule has 0 aromatic carbocycles. The number of rotatable bonds is 1. The summed E-state index contributed by atoms with van der Waals surface area (Å²) in [5, 5.41) is 12.1. The minimum absolute atomic E-state index is 0.320. The SMILES string of the molecule is Cc1[nH]c(C2CCCN2)nc1C#N. The highest BCUT2D eigenvalue weighted by atomic mass is 15.0. The standard InChI is InChI=1S/C9H12N4/c1-6-8(5-10)13-9(12-6)7-3-2-4-11-7/h7,11H,2-4H2,1H3,(H,12,13). The van der Waals surface area contributed by atoms with Crippen LogP contribution in [0.15, 0.2) is 0 Å². The highest BCUT2D eigenvalue weighted by Crippen LogP contribution is 2.21. The zero-order valence-electron chi connectivity index (χ0n) is 7.59. The molecule has 1 aromatic heterocycles. The second-order valence-corrected chi connectivity index (χ2v) is 3.36. The van der Waals surface area contributed by atoms with Crippen molar-refractivity contribution in [2.24, 2.45) is 0 Å². The van der Waals surface area contributed by atoms with Gasteiger partial charge in [0.15, 0.2) is 5.69 Å². The molecule has 0 radical (unpaired) electrons. The lowest BCUT2D eigenvalue weighted by atomic mass is 10.2. The first-order valence-electron chi connectivity index (χ1n) is 4.51. The maximum atomic E-state index is 8.72. The molecule has 0 saturated carbocycles. The molecule has 1 fully saturated rings. The van der Waals surface area contributed by atoms with Crippen LogP contribution in [0, 0.1) is 18.3 Å². The van der Waals surface area contributed by atoms with Gasteiger partial charge in [0.2, 0.25) is 0 Å². The van der Waals surface area contributed by atoms with Crippen molar-refractivity contribution in [2.45, 2.75) is 25.8 Å². The second kappa shape index (κ2) is 3.19. The number of aromatic amines is 1. The monoisotopic (exact) mass is 176 g/mol. The fraction of sp³-hybridized carbons (Fsp3) is 0.556. The van der Waals surface area contributed by atoms with Gasteiger partial charge in [0.25, 0.3) is 0 Å². The van der Waals surface area contributed by atoms with Crippen LogP contribution in [0.1, 0.15) is 36.1 Å². The normalized spacial score (nSPS) is 21.7. The van der Waals surface area contributed by atoms with E-state index >= 15 is 0 Å². The average Bonchev–Trinajstić information content (AvgIpc) is 2.71. The van der Waals surface area contributed by atoms with Crippen molar-refractivity contribution in [3.05, 3.63) is 17.2 Å². The third-order valence-electron chi connectivity index (χ3n) is 2.40. The van der Waals surface area contributed by atoms with E-state index in [9.17, 15) is 0 Å². The minimum Gasteiger partial charge on any atom is -0.344 e. The minimum atomic E-state index is 0.320. The maximum absolute atomic E-state index is 8.72. The lowest BCUT2D eigenvalue weighted by molar-refractivity contribution is 0.611. The second-order valence-electron chi connectivity index (χ2n) is 3.36. The summed E-state index contributed by atoms with van der Waals surface area (Å²) in [6, 6.07) is 2.39. The number of nitrogens with zero attached hydrogens (tertiary/aromatic N) is 2. The van der Waals surface area contributed by atoms with Gasteiger partial charge in [-0.05, 0) is 26.3 Å². The predicted octanol–water partition coefficient (Wildman–Crippen LogP) is 1.01. The summed E-state index contributed by atoms with van der Waals surface area (Å²) in [5.74, 6) is 0.909. The Morgan fingerprint density at radius 3 is 3.00 bits per heavy atom. The van der Waals surface area contributed by atoms with E-state index in [4.69, 9.17) is 5.26 Å². The first kappa shape index (κ1) is 8.27. The fourth-order valence-electron chi connectivity index (χ4n) is 1.68. The molecule has 0 spiro atoms. The van der Waals surface area contributed by atoms with Gasteiger partial charge in [0.1, 0.15) is 11.9 Å². The number of aryl methyl sites for hydroxylation is 1. The Hall–Kier alpha value is -1.34. The Morgan fingerprint density at radius 2 is 2.46 bits per heavy atom. The number of nitrogens with one attached hydrogen (secondary N) is 2. The Bertz CT molecular complexity index is 341. The van der Waals surface area contributed by atoms with Crippen molar-refractivity contribution in [2.75, 3.05) is 6.54 Å².